The molecule has 4 N–H and O–H groups in total. The molecule has 9 nitrogen and oxygen atoms in total. The number of hydrogen-bond donors (Lipinski definition) is 3. The van der Waals surface area contributed by atoms with Crippen molar-refractivity contribution >= 4 is 23.3 Å². The summed E-state index contributed by atoms with van der Waals surface area (Å²) >= 11 is 0. The number of carbonyl (C=O) groups excluding carboxylic acids is 1. The maximum atomic E-state index is 12.6. The van der Waals surface area contributed by atoms with Gasteiger partial charge in [0.25, 0.3) is 0 Å². The third-order valence-corrected chi connectivity index (χ3v) is 4.10. The molecule has 2 heterocycles. The number of rotatable bonds is 7. The normalized spacial score (nSPS) is 11.6. The molecule has 2 aromatic heterocycles. The minimum Gasteiger partial charge on any atom is -0.309 e. The molecule has 0 aliphatic rings. The largest absolute Gasteiger partial charge is 0.310 e. The lowest BCUT2D eigenvalue weighted by molar-refractivity contribution is -0.605. The molecule has 0 atom stereocenters. The van der Waals surface area contributed by atoms with Crippen molar-refractivity contribution in [2.24, 2.45) is 11.1 Å². The zero-order valence-electron chi connectivity index (χ0n) is 16.2. The van der Waals surface area contributed by atoms with Crippen LogP contribution in [-0.4, -0.2) is 32.7 Å². The molecule has 0 aliphatic heterocycles. The number of amides is 1. The molecule has 0 unspecified atom stereocenters. The van der Waals surface area contributed by atoms with Gasteiger partial charge in [-0.3, -0.25) is 14.6 Å². The van der Waals surface area contributed by atoms with Crippen molar-refractivity contribution in [1.29, 1.82) is 5.41 Å². The van der Waals surface area contributed by atoms with Gasteiger partial charge in [-0.2, -0.15) is 4.98 Å². The molecule has 0 radical (unpaired) electrons. The number of nitrogens with one attached hydrogen (secondary N) is 2. The first-order chi connectivity index (χ1) is 14.0. The van der Waals surface area contributed by atoms with Gasteiger partial charge in [-0.05, 0) is 11.2 Å². The van der Waals surface area contributed by atoms with Crippen molar-refractivity contribution < 1.29 is 10.1 Å². The van der Waals surface area contributed by atoms with E-state index in [0.29, 0.717) is 24.1 Å². The number of benzene rings is 1. The smallest absolute Gasteiger partial charge is 0.309 e. The summed E-state index contributed by atoms with van der Waals surface area (Å²) in [6.45, 7) is 4.64. The third-order valence-electron chi connectivity index (χ3n) is 4.10. The Bertz CT molecular complexity index is 1070. The molecule has 1 aromatic carbocycles. The molecular formula is C20H22N7O2+. The van der Waals surface area contributed by atoms with E-state index in [2.05, 4.69) is 20.5 Å². The number of amidine groups is 1. The minimum atomic E-state index is -0.515. The molecule has 0 fully saturated rings. The number of carbonyl (C=O) groups is 1. The SMILES string of the molecule is CC(C)C[NH2+]/C(=C\C(=N)N=O)C(=O)Nc1ccn2cc(-c3ccccc3)nc2n1. The van der Waals surface area contributed by atoms with Gasteiger partial charge in [-0.25, -0.2) is 4.98 Å². The van der Waals surface area contributed by atoms with Crippen LogP contribution in [0.2, 0.25) is 0 Å². The molecule has 0 aliphatic carbocycles. The van der Waals surface area contributed by atoms with Crippen LogP contribution in [0.25, 0.3) is 17.0 Å². The van der Waals surface area contributed by atoms with Crippen LogP contribution in [0.3, 0.4) is 0 Å². The molecular weight excluding hydrogens is 370 g/mol. The fourth-order valence-electron chi connectivity index (χ4n) is 2.63. The number of quaternary nitrogens is 1. The Hall–Kier alpha value is -3.72. The van der Waals surface area contributed by atoms with Crippen molar-refractivity contribution in [1.82, 2.24) is 14.4 Å². The van der Waals surface area contributed by atoms with Crippen LogP contribution in [0.15, 0.2) is 65.7 Å². The average Bonchev–Trinajstić information content (AvgIpc) is 3.14. The molecule has 3 rings (SSSR count). The highest BCUT2D eigenvalue weighted by molar-refractivity contribution is 6.06. The van der Waals surface area contributed by atoms with Crippen molar-refractivity contribution in [3.05, 3.63) is 65.5 Å². The summed E-state index contributed by atoms with van der Waals surface area (Å²) in [6, 6.07) is 11.4. The first-order valence-corrected chi connectivity index (χ1v) is 9.15. The molecule has 0 bridgehead atoms. The van der Waals surface area contributed by atoms with Crippen LogP contribution in [0.5, 0.6) is 0 Å². The number of aromatic nitrogens is 3. The van der Waals surface area contributed by atoms with E-state index in [4.69, 9.17) is 5.41 Å². The quantitative estimate of drug-likeness (QED) is 0.246. The molecule has 3 aromatic rings. The van der Waals surface area contributed by atoms with Gasteiger partial charge in [-0.1, -0.05) is 44.2 Å². The molecule has 148 valence electrons. The van der Waals surface area contributed by atoms with E-state index in [9.17, 15) is 9.70 Å². The maximum Gasteiger partial charge on any atom is 0.310 e. The van der Waals surface area contributed by atoms with Crippen LogP contribution in [-0.2, 0) is 4.79 Å². The number of nitroso groups, excluding NO2 is 1. The summed E-state index contributed by atoms with van der Waals surface area (Å²) in [7, 11) is 0. The van der Waals surface area contributed by atoms with E-state index in [1.807, 2.05) is 50.4 Å². The summed E-state index contributed by atoms with van der Waals surface area (Å²) in [6.07, 6.45) is 4.77. The molecule has 29 heavy (non-hydrogen) atoms. The minimum absolute atomic E-state index is 0.193. The maximum absolute atomic E-state index is 12.6. The van der Waals surface area contributed by atoms with Gasteiger partial charge in [0.05, 0.1) is 18.3 Å². The van der Waals surface area contributed by atoms with E-state index >= 15 is 0 Å². The summed E-state index contributed by atoms with van der Waals surface area (Å²) in [5.41, 5.74) is 1.94. The Morgan fingerprint density at radius 1 is 1.28 bits per heavy atom. The lowest BCUT2D eigenvalue weighted by Crippen LogP contribution is -2.85. The second kappa shape index (κ2) is 8.98. The number of nitrogens with zero attached hydrogens (tertiary/aromatic N) is 4. The van der Waals surface area contributed by atoms with Gasteiger partial charge in [0.15, 0.2) is 11.5 Å². The summed E-state index contributed by atoms with van der Waals surface area (Å²) < 4.78 is 1.77. The molecule has 0 spiro atoms. The molecule has 0 saturated carbocycles. The Balaban J connectivity index is 1.82. The predicted octanol–water partition coefficient (Wildman–Crippen LogP) is 2.18. The standard InChI is InChI=1S/C20H21N7O2/c1-13(2)11-22-15(10-17(21)26-29)19(28)24-18-8-9-27-12-16(23-20(27)25-18)14-6-4-3-5-7-14/h3-10,12-13,21-22H,11H2,1-2H3,(H,23,24,25,28)/p+1/b15-10-,21-17?. The summed E-state index contributed by atoms with van der Waals surface area (Å²) in [5.74, 6) is 0.105. The van der Waals surface area contributed by atoms with Crippen molar-refractivity contribution in [2.45, 2.75) is 13.8 Å². The van der Waals surface area contributed by atoms with Crippen LogP contribution < -0.4 is 10.6 Å². The van der Waals surface area contributed by atoms with E-state index in [1.54, 1.807) is 22.0 Å². The van der Waals surface area contributed by atoms with E-state index < -0.39 is 11.7 Å². The summed E-state index contributed by atoms with van der Waals surface area (Å²) in [5, 5.41) is 14.4. The van der Waals surface area contributed by atoms with E-state index in [0.717, 1.165) is 17.3 Å². The predicted molar refractivity (Wildman–Crippen MR) is 110 cm³/mol. The first kappa shape index (κ1) is 20.0. The topological polar surface area (TPSA) is 129 Å². The van der Waals surface area contributed by atoms with Crippen molar-refractivity contribution in [3.63, 3.8) is 0 Å². The third kappa shape index (κ3) is 5.17. The lowest BCUT2D eigenvalue weighted by Gasteiger charge is -2.08. The molecule has 0 saturated heterocycles. The number of fused-ring (bicyclic) bond motifs is 1. The van der Waals surface area contributed by atoms with Gasteiger partial charge in [0.1, 0.15) is 5.82 Å². The second-order valence-electron chi connectivity index (χ2n) is 6.88. The Labute approximate surface area is 167 Å². The van der Waals surface area contributed by atoms with Crippen LogP contribution in [0.4, 0.5) is 5.82 Å². The number of imidazole rings is 1. The highest BCUT2D eigenvalue weighted by Crippen LogP contribution is 2.18. The fraction of sp³-hybridized carbons (Fsp3) is 0.200. The monoisotopic (exact) mass is 392 g/mol. The number of nitrogens with two attached hydrogens (primary N) is 1. The van der Waals surface area contributed by atoms with E-state index in [-0.39, 0.29) is 5.70 Å². The first-order valence-electron chi connectivity index (χ1n) is 9.15. The van der Waals surface area contributed by atoms with Crippen molar-refractivity contribution in [2.75, 3.05) is 11.9 Å². The summed E-state index contributed by atoms with van der Waals surface area (Å²) in [4.78, 5) is 32.0. The molecule has 1 amide bonds. The lowest BCUT2D eigenvalue weighted by atomic mass is 10.2. The van der Waals surface area contributed by atoms with Gasteiger partial charge >= 0.3 is 5.91 Å². The highest BCUT2D eigenvalue weighted by Gasteiger charge is 2.17. The second-order valence-corrected chi connectivity index (χ2v) is 6.88. The Morgan fingerprint density at radius 3 is 2.72 bits per heavy atom. The Morgan fingerprint density at radius 2 is 2.03 bits per heavy atom. The van der Waals surface area contributed by atoms with Crippen LogP contribution >= 0.6 is 0 Å². The fourth-order valence-corrected chi connectivity index (χ4v) is 2.63. The Kier molecular flexibility index (Phi) is 6.20. The zero-order valence-corrected chi connectivity index (χ0v) is 16.2. The van der Waals surface area contributed by atoms with Crippen LogP contribution in [0.1, 0.15) is 13.8 Å². The number of anilines is 1. The molecule has 9 heteroatoms. The van der Waals surface area contributed by atoms with Gasteiger partial charge in [0.2, 0.25) is 5.78 Å². The van der Waals surface area contributed by atoms with Gasteiger partial charge < -0.3 is 10.6 Å². The van der Waals surface area contributed by atoms with Crippen molar-refractivity contribution in [3.8, 4) is 11.3 Å². The van der Waals surface area contributed by atoms with E-state index in [1.165, 1.54) is 0 Å². The number of hydrogen-bond acceptors (Lipinski definition) is 5. The average molecular weight is 392 g/mol. The van der Waals surface area contributed by atoms with Crippen LogP contribution in [0, 0.1) is 16.2 Å². The zero-order chi connectivity index (χ0) is 20.8. The van der Waals surface area contributed by atoms with Gasteiger partial charge in [-0.15, -0.1) is 4.91 Å². The van der Waals surface area contributed by atoms with Gasteiger partial charge in [0, 0.05) is 23.9 Å². The highest BCUT2D eigenvalue weighted by atomic mass is 16.3.